The number of carbonyl (C=O) groups is 1. The van der Waals surface area contributed by atoms with Crippen molar-refractivity contribution in [1.82, 2.24) is 4.98 Å². The van der Waals surface area contributed by atoms with Gasteiger partial charge in [-0.15, -0.1) is 11.3 Å². The molecule has 1 aromatic heterocycles. The summed E-state index contributed by atoms with van der Waals surface area (Å²) in [5, 5.41) is 23.7. The summed E-state index contributed by atoms with van der Waals surface area (Å²) in [5.74, 6) is -0.382. The third kappa shape index (κ3) is 3.97. The molecule has 0 aliphatic carbocycles. The minimum atomic E-state index is -0.520. The Bertz CT molecular complexity index is 1020. The van der Waals surface area contributed by atoms with Crippen LogP contribution in [-0.2, 0) is 4.79 Å². The van der Waals surface area contributed by atoms with Crippen LogP contribution in [0.1, 0.15) is 11.1 Å². The molecule has 0 aliphatic rings. The number of aromatic nitrogens is 1. The summed E-state index contributed by atoms with van der Waals surface area (Å²) in [7, 11) is 0. The van der Waals surface area contributed by atoms with E-state index in [4.69, 9.17) is 0 Å². The van der Waals surface area contributed by atoms with E-state index in [2.05, 4.69) is 10.3 Å². The Morgan fingerprint density at radius 2 is 2.04 bits per heavy atom. The second-order valence-corrected chi connectivity index (χ2v) is 6.43. The Morgan fingerprint density at radius 1 is 1.27 bits per heavy atom. The smallest absolute Gasteiger partial charge is 0.268 e. The van der Waals surface area contributed by atoms with E-state index in [0.29, 0.717) is 10.7 Å². The summed E-state index contributed by atoms with van der Waals surface area (Å²) < 4.78 is 0. The number of phenolic OH excluding ortho intramolecular Hbond substituents is 1. The highest BCUT2D eigenvalue weighted by atomic mass is 32.1. The molecule has 1 amide bonds. The van der Waals surface area contributed by atoms with Crippen molar-refractivity contribution in [2.24, 2.45) is 0 Å². The maximum atomic E-state index is 12.4. The number of aryl methyl sites for hydroxylation is 1. The lowest BCUT2D eigenvalue weighted by atomic mass is 10.1. The third-order valence-corrected chi connectivity index (χ3v) is 4.47. The second-order valence-electron chi connectivity index (χ2n) is 5.57. The highest BCUT2D eigenvalue weighted by Gasteiger charge is 2.13. The lowest BCUT2D eigenvalue weighted by molar-refractivity contribution is -0.112. The Hall–Kier alpha value is -3.43. The van der Waals surface area contributed by atoms with Gasteiger partial charge in [0.15, 0.2) is 5.13 Å². The number of nitrogens with zero attached hydrogens (tertiary/aromatic N) is 2. The van der Waals surface area contributed by atoms with Gasteiger partial charge in [0.25, 0.3) is 5.91 Å². The predicted octanol–water partition coefficient (Wildman–Crippen LogP) is 4.37. The molecule has 26 heavy (non-hydrogen) atoms. The molecule has 0 fully saturated rings. The van der Waals surface area contributed by atoms with Gasteiger partial charge in [0.05, 0.1) is 5.69 Å². The first-order chi connectivity index (χ1) is 12.6. The van der Waals surface area contributed by atoms with Crippen LogP contribution in [0.4, 0.5) is 5.13 Å². The summed E-state index contributed by atoms with van der Waals surface area (Å²) >= 11 is 1.30. The molecule has 5 nitrogen and oxygen atoms in total. The number of phenols is 1. The molecular weight excluding hydrogens is 346 g/mol. The lowest BCUT2D eigenvalue weighted by Crippen LogP contribution is -2.13. The van der Waals surface area contributed by atoms with E-state index in [-0.39, 0.29) is 11.3 Å². The van der Waals surface area contributed by atoms with Crippen molar-refractivity contribution in [2.75, 3.05) is 5.32 Å². The van der Waals surface area contributed by atoms with E-state index in [1.165, 1.54) is 23.5 Å². The molecule has 0 spiro atoms. The molecule has 2 N–H and O–H groups in total. The first-order valence-corrected chi connectivity index (χ1v) is 8.68. The van der Waals surface area contributed by atoms with Gasteiger partial charge in [-0.05, 0) is 36.3 Å². The van der Waals surface area contributed by atoms with Crippen LogP contribution >= 0.6 is 11.3 Å². The van der Waals surface area contributed by atoms with Crippen LogP contribution in [0.5, 0.6) is 5.75 Å². The zero-order chi connectivity index (χ0) is 18.5. The Labute approximate surface area is 154 Å². The van der Waals surface area contributed by atoms with Crippen molar-refractivity contribution in [3.8, 4) is 23.1 Å². The number of hydrogen-bond donors (Lipinski definition) is 2. The second kappa shape index (κ2) is 7.64. The molecule has 0 bridgehead atoms. The Morgan fingerprint density at radius 3 is 2.73 bits per heavy atom. The summed E-state index contributed by atoms with van der Waals surface area (Å²) in [6.07, 6.45) is 1.50. The van der Waals surface area contributed by atoms with Gasteiger partial charge < -0.3 is 5.11 Å². The van der Waals surface area contributed by atoms with Crippen molar-refractivity contribution in [3.05, 3.63) is 70.6 Å². The maximum absolute atomic E-state index is 12.4. The zero-order valence-electron chi connectivity index (χ0n) is 13.9. The summed E-state index contributed by atoms with van der Waals surface area (Å²) in [5.41, 5.74) is 3.16. The van der Waals surface area contributed by atoms with Crippen LogP contribution in [0.3, 0.4) is 0 Å². The highest BCUT2D eigenvalue weighted by molar-refractivity contribution is 7.14. The van der Waals surface area contributed by atoms with Crippen LogP contribution in [-0.4, -0.2) is 16.0 Å². The van der Waals surface area contributed by atoms with Crippen LogP contribution in [0, 0.1) is 18.3 Å². The number of nitriles is 1. The summed E-state index contributed by atoms with van der Waals surface area (Å²) in [4.78, 5) is 16.8. The number of anilines is 1. The van der Waals surface area contributed by atoms with Gasteiger partial charge in [0, 0.05) is 10.9 Å². The molecule has 0 atom stereocenters. The maximum Gasteiger partial charge on any atom is 0.268 e. The van der Waals surface area contributed by atoms with Crippen molar-refractivity contribution >= 4 is 28.5 Å². The molecule has 0 saturated carbocycles. The molecular formula is C20H15N3O2S. The van der Waals surface area contributed by atoms with Crippen LogP contribution < -0.4 is 5.32 Å². The number of nitrogens with one attached hydrogen (secondary N) is 1. The van der Waals surface area contributed by atoms with Crippen LogP contribution in [0.25, 0.3) is 17.3 Å². The fraction of sp³-hybridized carbons (Fsp3) is 0.0500. The summed E-state index contributed by atoms with van der Waals surface area (Å²) in [6, 6.07) is 16.3. The number of carbonyl (C=O) groups excluding carboxylic acids is 1. The van der Waals surface area contributed by atoms with E-state index in [1.807, 2.05) is 41.8 Å². The van der Waals surface area contributed by atoms with E-state index >= 15 is 0 Å². The minimum absolute atomic E-state index is 0.0322. The van der Waals surface area contributed by atoms with E-state index in [9.17, 15) is 15.2 Å². The van der Waals surface area contributed by atoms with Crippen LogP contribution in [0.2, 0.25) is 0 Å². The molecule has 0 unspecified atom stereocenters. The Balaban J connectivity index is 1.79. The monoisotopic (exact) mass is 361 g/mol. The van der Waals surface area contributed by atoms with Crippen molar-refractivity contribution in [1.29, 1.82) is 5.26 Å². The molecule has 2 aromatic carbocycles. The number of thiazole rings is 1. The fourth-order valence-corrected chi connectivity index (χ4v) is 3.08. The predicted molar refractivity (Wildman–Crippen MR) is 103 cm³/mol. The molecule has 3 aromatic rings. The minimum Gasteiger partial charge on any atom is -0.508 e. The van der Waals surface area contributed by atoms with E-state index in [1.54, 1.807) is 19.1 Å². The number of benzene rings is 2. The first-order valence-electron chi connectivity index (χ1n) is 7.80. The first kappa shape index (κ1) is 17.4. The molecule has 1 heterocycles. The number of rotatable bonds is 4. The SMILES string of the molecule is Cc1cc(O)ccc1/C=C(\C#N)C(=O)Nc1nc(-c2ccccc2)cs1. The van der Waals surface area contributed by atoms with Gasteiger partial charge in [-0.2, -0.15) is 5.26 Å². The van der Waals surface area contributed by atoms with Crippen LogP contribution in [0.15, 0.2) is 59.5 Å². The molecule has 6 heteroatoms. The molecule has 0 saturated heterocycles. The molecule has 0 radical (unpaired) electrons. The number of amides is 1. The van der Waals surface area contributed by atoms with E-state index in [0.717, 1.165) is 16.8 Å². The van der Waals surface area contributed by atoms with Gasteiger partial charge in [-0.25, -0.2) is 4.98 Å². The van der Waals surface area contributed by atoms with E-state index < -0.39 is 5.91 Å². The number of aromatic hydroxyl groups is 1. The normalized spacial score (nSPS) is 11.0. The highest BCUT2D eigenvalue weighted by Crippen LogP contribution is 2.25. The van der Waals surface area contributed by atoms with Crippen molar-refractivity contribution in [2.45, 2.75) is 6.92 Å². The fourth-order valence-electron chi connectivity index (χ4n) is 2.36. The lowest BCUT2D eigenvalue weighted by Gasteiger charge is -2.03. The topological polar surface area (TPSA) is 86.0 Å². The quantitative estimate of drug-likeness (QED) is 0.534. The average Bonchev–Trinajstić information content (AvgIpc) is 3.10. The number of hydrogen-bond acceptors (Lipinski definition) is 5. The standard InChI is InChI=1S/C20H15N3O2S/c1-13-9-17(24)8-7-15(13)10-16(11-21)19(25)23-20-22-18(12-26-20)14-5-3-2-4-6-14/h2-10,12,24H,1H3,(H,22,23,25)/b16-10+. The third-order valence-electron chi connectivity index (χ3n) is 3.71. The van der Waals surface area contributed by atoms with Gasteiger partial charge >= 0.3 is 0 Å². The largest absolute Gasteiger partial charge is 0.508 e. The molecule has 0 aliphatic heterocycles. The van der Waals surface area contributed by atoms with Crippen molar-refractivity contribution < 1.29 is 9.90 Å². The van der Waals surface area contributed by atoms with Gasteiger partial charge in [0.1, 0.15) is 17.4 Å². The van der Waals surface area contributed by atoms with Crippen molar-refractivity contribution in [3.63, 3.8) is 0 Å². The average molecular weight is 361 g/mol. The zero-order valence-corrected chi connectivity index (χ0v) is 14.7. The van der Waals surface area contributed by atoms with Gasteiger partial charge in [-0.3, -0.25) is 10.1 Å². The van der Waals surface area contributed by atoms with Gasteiger partial charge in [-0.1, -0.05) is 36.4 Å². The Kier molecular flexibility index (Phi) is 5.11. The summed E-state index contributed by atoms with van der Waals surface area (Å²) in [6.45, 7) is 1.80. The molecule has 128 valence electrons. The van der Waals surface area contributed by atoms with Gasteiger partial charge in [0.2, 0.25) is 0 Å². The molecule has 3 rings (SSSR count).